The summed E-state index contributed by atoms with van der Waals surface area (Å²) < 4.78 is 0. The third-order valence-electron chi connectivity index (χ3n) is 2.32. The second kappa shape index (κ2) is 5.14. The molecule has 1 rings (SSSR count). The first-order valence-corrected chi connectivity index (χ1v) is 5.42. The molecule has 0 atom stereocenters. The summed E-state index contributed by atoms with van der Waals surface area (Å²) >= 11 is 0. The molecule has 0 radical (unpaired) electrons. The fourth-order valence-electron chi connectivity index (χ4n) is 1.20. The van der Waals surface area contributed by atoms with Gasteiger partial charge in [0.05, 0.1) is 17.7 Å². The molecule has 0 bridgehead atoms. The van der Waals surface area contributed by atoms with Crippen molar-refractivity contribution in [2.75, 3.05) is 25.6 Å². The van der Waals surface area contributed by atoms with Crippen LogP contribution in [-0.2, 0) is 0 Å². The third kappa shape index (κ3) is 3.71. The van der Waals surface area contributed by atoms with Crippen molar-refractivity contribution >= 4 is 11.7 Å². The van der Waals surface area contributed by atoms with E-state index >= 15 is 0 Å². The highest BCUT2D eigenvalue weighted by atomic mass is 16.3. The molecule has 0 saturated carbocycles. The molecular formula is C12H19N3O2. The Kier molecular flexibility index (Phi) is 4.07. The molecule has 1 aromatic rings. The molecule has 1 heterocycles. The van der Waals surface area contributed by atoms with E-state index in [1.165, 1.54) is 6.20 Å². The zero-order chi connectivity index (χ0) is 13.1. The molecule has 0 aliphatic heterocycles. The van der Waals surface area contributed by atoms with Crippen molar-refractivity contribution < 1.29 is 9.90 Å². The van der Waals surface area contributed by atoms with E-state index in [0.717, 1.165) is 5.82 Å². The molecule has 1 amide bonds. The summed E-state index contributed by atoms with van der Waals surface area (Å²) in [5, 5.41) is 11.8. The Hall–Kier alpha value is -1.62. The minimum atomic E-state index is -0.628. The van der Waals surface area contributed by atoms with Crippen molar-refractivity contribution in [3.8, 4) is 0 Å². The first-order valence-electron chi connectivity index (χ1n) is 5.42. The number of hydrogen-bond donors (Lipinski definition) is 2. The largest absolute Gasteiger partial charge is 0.394 e. The van der Waals surface area contributed by atoms with Crippen LogP contribution < -0.4 is 10.2 Å². The van der Waals surface area contributed by atoms with E-state index < -0.39 is 5.54 Å². The van der Waals surface area contributed by atoms with Gasteiger partial charge in [-0.05, 0) is 26.0 Å². The van der Waals surface area contributed by atoms with E-state index in [-0.39, 0.29) is 12.5 Å². The number of nitrogens with zero attached hydrogens (tertiary/aromatic N) is 2. The summed E-state index contributed by atoms with van der Waals surface area (Å²) in [5.74, 6) is 0.560. The van der Waals surface area contributed by atoms with Gasteiger partial charge >= 0.3 is 0 Å². The maximum atomic E-state index is 11.8. The number of rotatable bonds is 4. The van der Waals surface area contributed by atoms with Crippen LogP contribution in [-0.4, -0.2) is 42.2 Å². The quantitative estimate of drug-likeness (QED) is 0.807. The predicted molar refractivity (Wildman–Crippen MR) is 67.2 cm³/mol. The van der Waals surface area contributed by atoms with E-state index in [2.05, 4.69) is 10.3 Å². The lowest BCUT2D eigenvalue weighted by Crippen LogP contribution is -2.46. The molecule has 0 unspecified atom stereocenters. The fourth-order valence-corrected chi connectivity index (χ4v) is 1.20. The second-order valence-corrected chi connectivity index (χ2v) is 4.80. The SMILES string of the molecule is CN(C)c1ccc(C(=O)NC(C)(C)CO)cn1. The Morgan fingerprint density at radius 1 is 1.47 bits per heavy atom. The van der Waals surface area contributed by atoms with Gasteiger partial charge < -0.3 is 15.3 Å². The molecule has 0 fully saturated rings. The fraction of sp³-hybridized carbons (Fsp3) is 0.500. The minimum Gasteiger partial charge on any atom is -0.394 e. The highest BCUT2D eigenvalue weighted by molar-refractivity contribution is 5.94. The van der Waals surface area contributed by atoms with E-state index in [0.29, 0.717) is 5.56 Å². The first kappa shape index (κ1) is 13.4. The minimum absolute atomic E-state index is 0.109. The number of carbonyl (C=O) groups excluding carboxylic acids is 1. The van der Waals surface area contributed by atoms with Gasteiger partial charge in [-0.3, -0.25) is 4.79 Å². The molecule has 94 valence electrons. The van der Waals surface area contributed by atoms with E-state index in [1.807, 2.05) is 19.0 Å². The number of anilines is 1. The first-order chi connectivity index (χ1) is 7.85. The highest BCUT2D eigenvalue weighted by Gasteiger charge is 2.20. The van der Waals surface area contributed by atoms with Crippen molar-refractivity contribution in [3.63, 3.8) is 0 Å². The molecule has 5 heteroatoms. The summed E-state index contributed by atoms with van der Waals surface area (Å²) in [6.07, 6.45) is 1.53. The second-order valence-electron chi connectivity index (χ2n) is 4.80. The predicted octanol–water partition coefficient (Wildman–Crippen LogP) is 0.648. The Morgan fingerprint density at radius 2 is 2.12 bits per heavy atom. The number of aliphatic hydroxyl groups excluding tert-OH is 1. The molecular weight excluding hydrogens is 218 g/mol. The van der Waals surface area contributed by atoms with Crippen LogP contribution in [0.3, 0.4) is 0 Å². The highest BCUT2D eigenvalue weighted by Crippen LogP contribution is 2.09. The summed E-state index contributed by atoms with van der Waals surface area (Å²) in [5.41, 5.74) is -0.144. The summed E-state index contributed by atoms with van der Waals surface area (Å²) in [4.78, 5) is 17.8. The van der Waals surface area contributed by atoms with Gasteiger partial charge in [0.15, 0.2) is 0 Å². The van der Waals surface area contributed by atoms with Gasteiger partial charge in [-0.25, -0.2) is 4.98 Å². The van der Waals surface area contributed by atoms with E-state index in [1.54, 1.807) is 26.0 Å². The van der Waals surface area contributed by atoms with Crippen molar-refractivity contribution in [1.29, 1.82) is 0 Å². The smallest absolute Gasteiger partial charge is 0.253 e. The standard InChI is InChI=1S/C12H19N3O2/c1-12(2,8-16)14-11(17)9-5-6-10(13-7-9)15(3)4/h5-7,16H,8H2,1-4H3,(H,14,17). The zero-order valence-electron chi connectivity index (χ0n) is 10.7. The number of amides is 1. The van der Waals surface area contributed by atoms with Crippen LogP contribution in [0.5, 0.6) is 0 Å². The summed E-state index contributed by atoms with van der Waals surface area (Å²) in [7, 11) is 3.77. The topological polar surface area (TPSA) is 65.5 Å². The molecule has 0 spiro atoms. The summed E-state index contributed by atoms with van der Waals surface area (Å²) in [6.45, 7) is 3.40. The van der Waals surface area contributed by atoms with Crippen LogP contribution in [0.15, 0.2) is 18.3 Å². The molecule has 0 saturated heterocycles. The maximum absolute atomic E-state index is 11.8. The Morgan fingerprint density at radius 3 is 2.53 bits per heavy atom. The Bertz CT molecular complexity index is 385. The average Bonchev–Trinajstić information content (AvgIpc) is 2.28. The van der Waals surface area contributed by atoms with Crippen LogP contribution in [0.4, 0.5) is 5.82 Å². The number of hydrogen-bond acceptors (Lipinski definition) is 4. The van der Waals surface area contributed by atoms with Gasteiger partial charge in [0, 0.05) is 20.3 Å². The number of aromatic nitrogens is 1. The van der Waals surface area contributed by atoms with Gasteiger partial charge in [-0.1, -0.05) is 0 Å². The van der Waals surface area contributed by atoms with Crippen LogP contribution in [0.2, 0.25) is 0 Å². The van der Waals surface area contributed by atoms with Crippen LogP contribution in [0.1, 0.15) is 24.2 Å². The molecule has 0 aromatic carbocycles. The maximum Gasteiger partial charge on any atom is 0.253 e. The van der Waals surface area contributed by atoms with Crippen molar-refractivity contribution in [1.82, 2.24) is 10.3 Å². The van der Waals surface area contributed by atoms with Crippen LogP contribution >= 0.6 is 0 Å². The lowest BCUT2D eigenvalue weighted by Gasteiger charge is -2.23. The third-order valence-corrected chi connectivity index (χ3v) is 2.32. The number of aliphatic hydroxyl groups is 1. The number of nitrogens with one attached hydrogen (secondary N) is 1. The van der Waals surface area contributed by atoms with Gasteiger partial charge in [0.25, 0.3) is 5.91 Å². The van der Waals surface area contributed by atoms with Crippen molar-refractivity contribution in [3.05, 3.63) is 23.9 Å². The molecule has 2 N–H and O–H groups in total. The van der Waals surface area contributed by atoms with Gasteiger partial charge in [-0.15, -0.1) is 0 Å². The van der Waals surface area contributed by atoms with E-state index in [9.17, 15) is 4.79 Å². The van der Waals surface area contributed by atoms with Crippen LogP contribution in [0.25, 0.3) is 0 Å². The van der Waals surface area contributed by atoms with E-state index in [4.69, 9.17) is 5.11 Å². The number of carbonyl (C=O) groups is 1. The molecule has 0 aliphatic carbocycles. The molecule has 0 aliphatic rings. The Balaban J connectivity index is 2.77. The molecule has 17 heavy (non-hydrogen) atoms. The number of pyridine rings is 1. The summed E-state index contributed by atoms with van der Waals surface area (Å²) in [6, 6.07) is 3.49. The monoisotopic (exact) mass is 237 g/mol. The normalized spacial score (nSPS) is 11.1. The van der Waals surface area contributed by atoms with Gasteiger partial charge in [0.1, 0.15) is 5.82 Å². The van der Waals surface area contributed by atoms with Crippen molar-refractivity contribution in [2.45, 2.75) is 19.4 Å². The van der Waals surface area contributed by atoms with Crippen molar-refractivity contribution in [2.24, 2.45) is 0 Å². The Labute approximate surface area is 101 Å². The zero-order valence-corrected chi connectivity index (χ0v) is 10.7. The van der Waals surface area contributed by atoms with Gasteiger partial charge in [0.2, 0.25) is 0 Å². The van der Waals surface area contributed by atoms with Crippen LogP contribution in [0, 0.1) is 0 Å². The average molecular weight is 237 g/mol. The lowest BCUT2D eigenvalue weighted by molar-refractivity contribution is 0.0869. The lowest BCUT2D eigenvalue weighted by atomic mass is 10.1. The van der Waals surface area contributed by atoms with Gasteiger partial charge in [-0.2, -0.15) is 0 Å². The molecule has 5 nitrogen and oxygen atoms in total. The molecule has 1 aromatic heterocycles.